The molecule has 4 heteroatoms. The van der Waals surface area contributed by atoms with Crippen molar-refractivity contribution in [2.45, 2.75) is 0 Å². The first-order valence-corrected chi connectivity index (χ1v) is 2.30. The number of hydrogen-bond acceptors (Lipinski definition) is 2. The molecular weight excluding hydrogens is 140 g/mol. The van der Waals surface area contributed by atoms with Crippen LogP contribution in [0.25, 0.3) is 0 Å². The first kappa shape index (κ1) is 8.86. The maximum absolute atomic E-state index is 7.88. The lowest BCUT2D eigenvalue weighted by Crippen LogP contribution is -1.82. The van der Waals surface area contributed by atoms with E-state index in [4.69, 9.17) is 10.2 Å². The van der Waals surface area contributed by atoms with Gasteiger partial charge in [-0.15, -0.1) is 0 Å². The van der Waals surface area contributed by atoms with Gasteiger partial charge < -0.3 is 0 Å². The lowest BCUT2D eigenvalue weighted by Gasteiger charge is -1.19. The molecule has 0 aromatic heterocycles. The molecule has 0 aliphatic carbocycles. The van der Waals surface area contributed by atoms with E-state index in [1.807, 2.05) is 5.83 Å². The van der Waals surface area contributed by atoms with Crippen LogP contribution in [-0.2, 0) is 0 Å². The molecule has 5 heavy (non-hydrogen) atoms. The second-order valence-corrected chi connectivity index (χ2v) is 0.0680. The number of alkyl halides is 1. The fourth-order valence-electron chi connectivity index (χ4n) is 0. The van der Waals surface area contributed by atoms with E-state index in [0.717, 1.165) is 0 Å². The van der Waals surface area contributed by atoms with Crippen molar-refractivity contribution in [2.75, 3.05) is 5.83 Å². The second-order valence-electron chi connectivity index (χ2n) is 0.0680. The quantitative estimate of drug-likeness (QED) is 0.205. The highest BCUT2D eigenvalue weighted by molar-refractivity contribution is 9.08. The van der Waals surface area contributed by atoms with E-state index >= 15 is 0 Å². The molecule has 0 bridgehead atoms. The zero-order valence-electron chi connectivity index (χ0n) is 2.60. The van der Waals surface area contributed by atoms with Gasteiger partial charge in [-0.3, -0.25) is 0 Å². The Hall–Kier alpha value is -0.120. The van der Waals surface area contributed by atoms with Gasteiger partial charge in [0.05, 0.1) is 0 Å². The highest BCUT2D eigenvalue weighted by Crippen LogP contribution is 1.45. The summed E-state index contributed by atoms with van der Waals surface area (Å²) in [7, 11) is 0. The molecule has 0 amide bonds. The molecule has 0 heterocycles. The zero-order chi connectivity index (χ0) is 4.71. The first-order chi connectivity index (χ1) is 2.41. The molecule has 0 N–H and O–H groups in total. The number of rotatable bonds is 0. The van der Waals surface area contributed by atoms with E-state index in [9.17, 15) is 0 Å². The van der Waals surface area contributed by atoms with Gasteiger partial charge in [0.25, 0.3) is 0 Å². The van der Waals surface area contributed by atoms with Gasteiger partial charge in [-0.05, 0) is 5.83 Å². The molecular formula is CH3BrO3. The van der Waals surface area contributed by atoms with Crippen molar-refractivity contribution < 1.29 is 5.26 Å². The largest absolute Gasteiger partial charge is 0.154 e. The number of halogens is 1. The molecule has 0 unspecified atom stereocenters. The predicted molar refractivity (Wildman–Crippen MR) is 21.6 cm³/mol. The Kier molecular flexibility index (Phi) is 73.6. The second kappa shape index (κ2) is 41.6. The minimum Gasteiger partial charge on any atom is -0.0966 e. The van der Waals surface area contributed by atoms with Crippen LogP contribution in [0, 0.1) is 9.71 Å². The average molecular weight is 143 g/mol. The highest BCUT2D eigenvalue weighted by atomic mass is 79.9. The van der Waals surface area contributed by atoms with E-state index in [2.05, 4.69) is 15.9 Å². The average Bonchev–Trinajstić information content (AvgIpc) is 1.46. The summed E-state index contributed by atoms with van der Waals surface area (Å²) in [5, 5.41) is 7.88. The molecule has 32 valence electrons. The molecule has 0 saturated heterocycles. The normalized spacial score (nSPS) is 3.60. The van der Waals surface area contributed by atoms with E-state index < -0.39 is 0 Å². The van der Waals surface area contributed by atoms with Crippen molar-refractivity contribution in [2.24, 2.45) is 0 Å². The maximum atomic E-state index is 7.88. The van der Waals surface area contributed by atoms with E-state index in [1.165, 1.54) is 0 Å². The molecule has 0 rings (SSSR count). The van der Waals surface area contributed by atoms with Crippen molar-refractivity contribution >= 4 is 15.9 Å². The maximum Gasteiger partial charge on any atom is 0.154 e. The van der Waals surface area contributed by atoms with Gasteiger partial charge in [0.1, 0.15) is 0 Å². The molecule has 0 spiro atoms. The summed E-state index contributed by atoms with van der Waals surface area (Å²) >= 11 is 2.94. The lowest BCUT2D eigenvalue weighted by molar-refractivity contribution is -0.284. The minimum atomic E-state index is 1.75. The summed E-state index contributed by atoms with van der Waals surface area (Å²) < 4.78 is 1.75. The summed E-state index contributed by atoms with van der Waals surface area (Å²) in [6.45, 7) is 0. The third-order valence-electron chi connectivity index (χ3n) is 0. The lowest BCUT2D eigenvalue weighted by atomic mass is 12.0. The molecule has 0 aromatic rings. The van der Waals surface area contributed by atoms with Crippen LogP contribution in [-0.4, -0.2) is 5.83 Å². The molecule has 0 saturated carbocycles. The Morgan fingerprint density at radius 1 is 1.80 bits per heavy atom. The fraction of sp³-hybridized carbons (Fsp3) is 1.00. The van der Waals surface area contributed by atoms with Crippen molar-refractivity contribution in [3.8, 4) is 0 Å². The van der Waals surface area contributed by atoms with Crippen LogP contribution in [0.5, 0.6) is 0 Å². The molecule has 0 fully saturated rings. The standard InChI is InChI=1S/CH3Br.O3/c1-2;1-3-2/h1H3;. The van der Waals surface area contributed by atoms with Crippen LogP contribution < -0.4 is 5.26 Å². The third kappa shape index (κ3) is 952. The molecule has 0 aromatic carbocycles. The Labute approximate surface area is 37.6 Å². The molecule has 0 aliphatic heterocycles. The van der Waals surface area contributed by atoms with Gasteiger partial charge in [0.15, 0.2) is 4.75 Å². The molecule has 0 aliphatic rings. The Morgan fingerprint density at radius 2 is 1.80 bits per heavy atom. The zero-order valence-corrected chi connectivity index (χ0v) is 4.19. The van der Waals surface area contributed by atoms with Gasteiger partial charge >= 0.3 is 0 Å². The molecule has 0 radical (unpaired) electrons. The van der Waals surface area contributed by atoms with E-state index in [-0.39, 0.29) is 0 Å². The van der Waals surface area contributed by atoms with E-state index in [0.29, 0.717) is 0 Å². The fourth-order valence-corrected chi connectivity index (χ4v) is 0. The topological polar surface area (TPSA) is 51.4 Å². The minimum absolute atomic E-state index is 1.75. The van der Waals surface area contributed by atoms with Gasteiger partial charge in [-0.25, -0.2) is 0 Å². The van der Waals surface area contributed by atoms with Crippen molar-refractivity contribution in [1.29, 1.82) is 0 Å². The summed E-state index contributed by atoms with van der Waals surface area (Å²) in [5.41, 5.74) is 0. The van der Waals surface area contributed by atoms with Gasteiger partial charge in [0.2, 0.25) is 0 Å². The highest BCUT2D eigenvalue weighted by Gasteiger charge is 1.27. The molecule has 3 nitrogen and oxygen atoms in total. The third-order valence-corrected chi connectivity index (χ3v) is 0. The van der Waals surface area contributed by atoms with Crippen LogP contribution in [0.2, 0.25) is 0 Å². The Balaban J connectivity index is 0. The predicted octanol–water partition coefficient (Wildman–Crippen LogP) is -0.111. The van der Waals surface area contributed by atoms with Crippen LogP contribution in [0.3, 0.4) is 0 Å². The summed E-state index contributed by atoms with van der Waals surface area (Å²) in [4.78, 5) is 7.88. The van der Waals surface area contributed by atoms with E-state index in [1.54, 1.807) is 4.75 Å². The SMILES string of the molecule is CBr.O=[O+][O-]. The monoisotopic (exact) mass is 142 g/mol. The van der Waals surface area contributed by atoms with Gasteiger partial charge in [-0.2, -0.15) is 0 Å². The van der Waals surface area contributed by atoms with Crippen molar-refractivity contribution in [3.05, 3.63) is 9.71 Å². The van der Waals surface area contributed by atoms with Crippen LogP contribution in [0.1, 0.15) is 0 Å². The van der Waals surface area contributed by atoms with Crippen molar-refractivity contribution in [1.82, 2.24) is 0 Å². The van der Waals surface area contributed by atoms with Crippen molar-refractivity contribution in [3.63, 3.8) is 0 Å². The van der Waals surface area contributed by atoms with Crippen LogP contribution >= 0.6 is 15.9 Å². The summed E-state index contributed by atoms with van der Waals surface area (Å²) in [6, 6.07) is 0. The number of hydrogen-bond donors (Lipinski definition) is 0. The summed E-state index contributed by atoms with van der Waals surface area (Å²) in [6.07, 6.45) is 0. The van der Waals surface area contributed by atoms with Gasteiger partial charge in [0, 0.05) is 0 Å². The van der Waals surface area contributed by atoms with Gasteiger partial charge in [-0.1, -0.05) is 26.2 Å². The summed E-state index contributed by atoms with van der Waals surface area (Å²) in [5.74, 6) is 1.81. The Bertz CT molecular complexity index is 14.4. The van der Waals surface area contributed by atoms with Crippen LogP contribution in [0.15, 0.2) is 0 Å². The molecule has 0 atom stereocenters. The Morgan fingerprint density at radius 3 is 1.80 bits per heavy atom. The van der Waals surface area contributed by atoms with Crippen LogP contribution in [0.4, 0.5) is 0 Å². The first-order valence-electron chi connectivity index (χ1n) is 0.711. The smallest absolute Gasteiger partial charge is 0.0966 e.